The highest BCUT2D eigenvalue weighted by atomic mass is 16.5. The van der Waals surface area contributed by atoms with Crippen LogP contribution >= 0.6 is 0 Å². The van der Waals surface area contributed by atoms with Crippen molar-refractivity contribution in [1.29, 1.82) is 0 Å². The Morgan fingerprint density at radius 1 is 1.64 bits per heavy atom. The molecule has 2 aliphatic rings. The maximum absolute atomic E-state index is 11.8. The smallest absolute Gasteiger partial charge is 0.316 e. The van der Waals surface area contributed by atoms with Crippen LogP contribution in [0.3, 0.4) is 0 Å². The number of carbonyl (C=O) groups is 2. The maximum atomic E-state index is 11.8. The van der Waals surface area contributed by atoms with Gasteiger partial charge in [0.15, 0.2) is 5.78 Å². The summed E-state index contributed by atoms with van der Waals surface area (Å²) < 4.78 is 5.05. The molecule has 76 valence electrons. The van der Waals surface area contributed by atoms with Crippen LogP contribution < -0.4 is 0 Å². The molecule has 14 heavy (non-hydrogen) atoms. The van der Waals surface area contributed by atoms with Crippen LogP contribution in [0.2, 0.25) is 0 Å². The summed E-state index contributed by atoms with van der Waals surface area (Å²) in [7, 11) is 0. The number of fused-ring (bicyclic) bond motifs is 1. The monoisotopic (exact) mass is 194 g/mol. The standard InChI is InChI=1S/C11H14O3/c1-2-14-10(13)11-5-3-4-8(11)6-9(12)7-11/h6H,2-5,7H2,1H3/t11-/m0/s1. The predicted octanol–water partition coefficient (Wildman–Crippen LogP) is 1.62. The van der Waals surface area contributed by atoms with Crippen molar-refractivity contribution in [3.05, 3.63) is 11.6 Å². The fourth-order valence-corrected chi connectivity index (χ4v) is 2.51. The second-order valence-electron chi connectivity index (χ2n) is 3.97. The third kappa shape index (κ3) is 1.19. The highest BCUT2D eigenvalue weighted by Gasteiger charge is 2.50. The van der Waals surface area contributed by atoms with Crippen molar-refractivity contribution in [3.8, 4) is 0 Å². The van der Waals surface area contributed by atoms with Gasteiger partial charge in [-0.1, -0.05) is 0 Å². The van der Waals surface area contributed by atoms with Gasteiger partial charge in [-0.3, -0.25) is 9.59 Å². The Hall–Kier alpha value is -1.12. The van der Waals surface area contributed by atoms with Crippen molar-refractivity contribution in [3.63, 3.8) is 0 Å². The van der Waals surface area contributed by atoms with Crippen molar-refractivity contribution >= 4 is 11.8 Å². The molecule has 0 N–H and O–H groups in total. The molecule has 2 aliphatic carbocycles. The molecule has 1 atom stereocenters. The second-order valence-corrected chi connectivity index (χ2v) is 3.97. The zero-order valence-electron chi connectivity index (χ0n) is 8.34. The summed E-state index contributed by atoms with van der Waals surface area (Å²) in [5.41, 5.74) is 0.438. The van der Waals surface area contributed by atoms with Crippen LogP contribution in [0.15, 0.2) is 11.6 Å². The summed E-state index contributed by atoms with van der Waals surface area (Å²) in [6.07, 6.45) is 4.64. The van der Waals surface area contributed by atoms with Crippen LogP contribution in [0.4, 0.5) is 0 Å². The molecular weight excluding hydrogens is 180 g/mol. The van der Waals surface area contributed by atoms with Gasteiger partial charge in [-0.2, -0.15) is 0 Å². The van der Waals surface area contributed by atoms with E-state index in [-0.39, 0.29) is 11.8 Å². The third-order valence-corrected chi connectivity index (χ3v) is 3.14. The van der Waals surface area contributed by atoms with Gasteiger partial charge in [-0.25, -0.2) is 0 Å². The van der Waals surface area contributed by atoms with Crippen molar-refractivity contribution in [1.82, 2.24) is 0 Å². The van der Waals surface area contributed by atoms with Crippen LogP contribution in [-0.4, -0.2) is 18.4 Å². The van der Waals surface area contributed by atoms with Crippen LogP contribution in [0.25, 0.3) is 0 Å². The number of rotatable bonds is 2. The molecular formula is C11H14O3. The Morgan fingerprint density at radius 3 is 3.14 bits per heavy atom. The Balaban J connectivity index is 2.27. The lowest BCUT2D eigenvalue weighted by Gasteiger charge is -2.22. The van der Waals surface area contributed by atoms with Gasteiger partial charge >= 0.3 is 5.97 Å². The number of allylic oxidation sites excluding steroid dienone is 1. The van der Waals surface area contributed by atoms with Gasteiger partial charge in [-0.15, -0.1) is 0 Å². The molecule has 0 aromatic heterocycles. The lowest BCUT2D eigenvalue weighted by atomic mass is 9.83. The van der Waals surface area contributed by atoms with Crippen LogP contribution in [-0.2, 0) is 14.3 Å². The zero-order chi connectivity index (χ0) is 10.2. The van der Waals surface area contributed by atoms with Crippen molar-refractivity contribution in [2.45, 2.75) is 32.6 Å². The molecule has 2 rings (SSSR count). The Labute approximate surface area is 83.1 Å². The maximum Gasteiger partial charge on any atom is 0.316 e. The number of hydrogen-bond donors (Lipinski definition) is 0. The first-order chi connectivity index (χ1) is 6.69. The molecule has 0 aromatic rings. The van der Waals surface area contributed by atoms with E-state index in [0.29, 0.717) is 13.0 Å². The van der Waals surface area contributed by atoms with E-state index in [9.17, 15) is 9.59 Å². The Kier molecular flexibility index (Phi) is 2.17. The molecule has 0 saturated heterocycles. The summed E-state index contributed by atoms with van der Waals surface area (Å²) in [4.78, 5) is 23.1. The topological polar surface area (TPSA) is 43.4 Å². The van der Waals surface area contributed by atoms with E-state index >= 15 is 0 Å². The first kappa shape index (κ1) is 9.44. The predicted molar refractivity (Wildman–Crippen MR) is 50.6 cm³/mol. The van der Waals surface area contributed by atoms with Gasteiger partial charge in [0.1, 0.15) is 0 Å². The molecule has 0 unspecified atom stereocenters. The number of ketones is 1. The summed E-state index contributed by atoms with van der Waals surface area (Å²) >= 11 is 0. The summed E-state index contributed by atoms with van der Waals surface area (Å²) in [5, 5.41) is 0. The summed E-state index contributed by atoms with van der Waals surface area (Å²) in [5.74, 6) is -0.123. The second kappa shape index (κ2) is 3.23. The molecule has 0 heterocycles. The lowest BCUT2D eigenvalue weighted by molar-refractivity contribution is -0.153. The number of esters is 1. The van der Waals surface area contributed by atoms with E-state index in [0.717, 1.165) is 24.8 Å². The Morgan fingerprint density at radius 2 is 2.43 bits per heavy atom. The van der Waals surface area contributed by atoms with E-state index < -0.39 is 5.41 Å². The highest BCUT2D eigenvalue weighted by molar-refractivity contribution is 6.01. The van der Waals surface area contributed by atoms with E-state index in [2.05, 4.69) is 0 Å². The fraction of sp³-hybridized carbons (Fsp3) is 0.636. The minimum absolute atomic E-state index is 0.0766. The van der Waals surface area contributed by atoms with Gasteiger partial charge in [0.25, 0.3) is 0 Å². The first-order valence-corrected chi connectivity index (χ1v) is 5.10. The van der Waals surface area contributed by atoms with Crippen molar-refractivity contribution < 1.29 is 14.3 Å². The summed E-state index contributed by atoms with van der Waals surface area (Å²) in [6, 6.07) is 0. The SMILES string of the molecule is CCOC(=O)[C@]12CCCC1=CC(=O)C2. The summed E-state index contributed by atoms with van der Waals surface area (Å²) in [6.45, 7) is 2.19. The first-order valence-electron chi connectivity index (χ1n) is 5.10. The largest absolute Gasteiger partial charge is 0.465 e. The average molecular weight is 194 g/mol. The lowest BCUT2D eigenvalue weighted by Crippen LogP contribution is -2.30. The molecule has 0 aliphatic heterocycles. The van der Waals surface area contributed by atoms with E-state index in [1.807, 2.05) is 0 Å². The minimum atomic E-state index is -0.562. The number of ether oxygens (including phenoxy) is 1. The van der Waals surface area contributed by atoms with Gasteiger partial charge in [-0.05, 0) is 37.8 Å². The van der Waals surface area contributed by atoms with Gasteiger partial charge in [0.2, 0.25) is 0 Å². The molecule has 0 spiro atoms. The number of hydrogen-bond acceptors (Lipinski definition) is 3. The molecule has 0 bridgehead atoms. The highest BCUT2D eigenvalue weighted by Crippen LogP contribution is 2.50. The molecule has 0 radical (unpaired) electrons. The fourth-order valence-electron chi connectivity index (χ4n) is 2.51. The molecule has 1 fully saturated rings. The van der Waals surface area contributed by atoms with Crippen LogP contribution in [0.1, 0.15) is 32.6 Å². The van der Waals surface area contributed by atoms with Gasteiger partial charge in [0, 0.05) is 6.42 Å². The van der Waals surface area contributed by atoms with E-state index in [4.69, 9.17) is 4.74 Å². The van der Waals surface area contributed by atoms with E-state index in [1.165, 1.54) is 0 Å². The van der Waals surface area contributed by atoms with Gasteiger partial charge < -0.3 is 4.74 Å². The molecule has 0 aromatic carbocycles. The van der Waals surface area contributed by atoms with Crippen molar-refractivity contribution in [2.75, 3.05) is 6.61 Å². The normalized spacial score (nSPS) is 30.1. The molecule has 3 nitrogen and oxygen atoms in total. The molecule has 1 saturated carbocycles. The third-order valence-electron chi connectivity index (χ3n) is 3.14. The molecule has 0 amide bonds. The minimum Gasteiger partial charge on any atom is -0.465 e. The number of carbonyl (C=O) groups excluding carboxylic acids is 2. The van der Waals surface area contributed by atoms with Crippen LogP contribution in [0.5, 0.6) is 0 Å². The molecule has 3 heteroatoms. The zero-order valence-corrected chi connectivity index (χ0v) is 8.34. The Bertz CT molecular complexity index is 316. The average Bonchev–Trinajstić information content (AvgIpc) is 2.61. The quantitative estimate of drug-likeness (QED) is 0.627. The van der Waals surface area contributed by atoms with Gasteiger partial charge in [0.05, 0.1) is 12.0 Å². The van der Waals surface area contributed by atoms with Crippen molar-refractivity contribution in [2.24, 2.45) is 5.41 Å². The van der Waals surface area contributed by atoms with E-state index in [1.54, 1.807) is 13.0 Å². The van der Waals surface area contributed by atoms with Crippen LogP contribution in [0, 0.1) is 5.41 Å².